The number of nitrogens with zero attached hydrogens (tertiary/aromatic N) is 5. The van der Waals surface area contributed by atoms with Gasteiger partial charge in [-0.25, -0.2) is 15.0 Å². The van der Waals surface area contributed by atoms with Crippen molar-refractivity contribution in [1.82, 2.24) is 24.1 Å². The Morgan fingerprint density at radius 2 is 1.87 bits per heavy atom. The van der Waals surface area contributed by atoms with E-state index in [9.17, 15) is 18.0 Å². The predicted octanol–water partition coefficient (Wildman–Crippen LogP) is 2.52. The van der Waals surface area contributed by atoms with Gasteiger partial charge in [0.25, 0.3) is 5.56 Å². The van der Waals surface area contributed by atoms with Crippen molar-refractivity contribution in [2.45, 2.75) is 12.7 Å². The van der Waals surface area contributed by atoms with E-state index in [0.717, 1.165) is 6.33 Å². The van der Waals surface area contributed by atoms with Crippen molar-refractivity contribution in [2.75, 3.05) is 0 Å². The average molecular weight is 388 g/mol. The van der Waals surface area contributed by atoms with Crippen molar-refractivity contribution in [3.63, 3.8) is 0 Å². The molecule has 0 aliphatic carbocycles. The molecule has 0 unspecified atom stereocenters. The SMILES string of the molecule is Cn1c(Br)c(-c2ncccn2)c2c(=O)n(CC(F)(F)F)cnc21. The fraction of sp³-hybridized carbons (Fsp3) is 0.231. The van der Waals surface area contributed by atoms with E-state index in [1.807, 2.05) is 0 Å². The predicted molar refractivity (Wildman–Crippen MR) is 79.8 cm³/mol. The fourth-order valence-electron chi connectivity index (χ4n) is 2.26. The molecular formula is C13H9BrF3N5O. The lowest BCUT2D eigenvalue weighted by molar-refractivity contribution is -0.141. The molecule has 3 rings (SSSR count). The summed E-state index contributed by atoms with van der Waals surface area (Å²) in [4.78, 5) is 24.6. The lowest BCUT2D eigenvalue weighted by atomic mass is 10.2. The van der Waals surface area contributed by atoms with Crippen LogP contribution < -0.4 is 5.56 Å². The van der Waals surface area contributed by atoms with Crippen LogP contribution in [0.25, 0.3) is 22.4 Å². The Morgan fingerprint density at radius 3 is 2.48 bits per heavy atom. The molecule has 3 aromatic heterocycles. The van der Waals surface area contributed by atoms with Crippen LogP contribution in [0.1, 0.15) is 0 Å². The van der Waals surface area contributed by atoms with Crippen LogP contribution in [0.2, 0.25) is 0 Å². The van der Waals surface area contributed by atoms with Crippen LogP contribution in [0.15, 0.2) is 34.2 Å². The molecule has 6 nitrogen and oxygen atoms in total. The quantitative estimate of drug-likeness (QED) is 0.677. The molecule has 0 saturated heterocycles. The largest absolute Gasteiger partial charge is 0.406 e. The van der Waals surface area contributed by atoms with Crippen LogP contribution in [0.4, 0.5) is 13.2 Å². The van der Waals surface area contributed by atoms with Gasteiger partial charge in [0, 0.05) is 19.4 Å². The number of halogens is 4. The first kappa shape index (κ1) is 15.7. The number of aryl methyl sites for hydroxylation is 1. The minimum Gasteiger partial charge on any atom is -0.322 e. The molecule has 0 saturated carbocycles. The lowest BCUT2D eigenvalue weighted by Gasteiger charge is -2.08. The molecule has 23 heavy (non-hydrogen) atoms. The highest BCUT2D eigenvalue weighted by Gasteiger charge is 2.30. The summed E-state index contributed by atoms with van der Waals surface area (Å²) >= 11 is 3.32. The summed E-state index contributed by atoms with van der Waals surface area (Å²) in [5, 5.41) is 0.0392. The standard InChI is InChI=1S/C13H9BrF3N5O/c1-21-9(14)7(10-18-3-2-4-19-10)8-11(21)20-6-22(12(8)23)5-13(15,16)17/h2-4,6H,5H2,1H3. The highest BCUT2D eigenvalue weighted by molar-refractivity contribution is 9.10. The molecular weight excluding hydrogens is 379 g/mol. The van der Waals surface area contributed by atoms with Gasteiger partial charge in [-0.05, 0) is 22.0 Å². The molecule has 0 N–H and O–H groups in total. The van der Waals surface area contributed by atoms with E-state index in [-0.39, 0.29) is 16.9 Å². The Bertz CT molecular complexity index is 933. The third-order valence-electron chi connectivity index (χ3n) is 3.23. The van der Waals surface area contributed by atoms with E-state index in [2.05, 4.69) is 30.9 Å². The van der Waals surface area contributed by atoms with E-state index in [1.54, 1.807) is 17.7 Å². The third kappa shape index (κ3) is 2.74. The maximum absolute atomic E-state index is 12.6. The van der Waals surface area contributed by atoms with Crippen LogP contribution in [0, 0.1) is 0 Å². The molecule has 10 heteroatoms. The second kappa shape index (κ2) is 5.44. The van der Waals surface area contributed by atoms with Crippen LogP contribution >= 0.6 is 15.9 Å². The normalized spacial score (nSPS) is 12.0. The molecule has 0 aliphatic heterocycles. The minimum atomic E-state index is -4.52. The summed E-state index contributed by atoms with van der Waals surface area (Å²) < 4.78 is 40.4. The summed E-state index contributed by atoms with van der Waals surface area (Å²) in [6, 6.07) is 1.60. The van der Waals surface area contributed by atoms with Gasteiger partial charge >= 0.3 is 6.18 Å². The molecule has 0 aliphatic rings. The minimum absolute atomic E-state index is 0.0392. The second-order valence-electron chi connectivity index (χ2n) is 4.79. The van der Waals surface area contributed by atoms with Gasteiger partial charge < -0.3 is 4.57 Å². The Kier molecular flexibility index (Phi) is 3.71. The number of hydrogen-bond donors (Lipinski definition) is 0. The summed E-state index contributed by atoms with van der Waals surface area (Å²) in [5.41, 5.74) is -0.226. The topological polar surface area (TPSA) is 65.6 Å². The molecule has 0 fully saturated rings. The van der Waals surface area contributed by atoms with Crippen molar-refractivity contribution in [3.8, 4) is 11.4 Å². The Morgan fingerprint density at radius 1 is 1.22 bits per heavy atom. The molecule has 0 bridgehead atoms. The van der Waals surface area contributed by atoms with Gasteiger partial charge in [-0.15, -0.1) is 0 Å². The van der Waals surface area contributed by atoms with Crippen molar-refractivity contribution in [3.05, 3.63) is 39.7 Å². The molecule has 0 atom stereocenters. The lowest BCUT2D eigenvalue weighted by Crippen LogP contribution is -2.28. The number of fused-ring (bicyclic) bond motifs is 1. The molecule has 0 amide bonds. The Labute approximate surface area is 135 Å². The van der Waals surface area contributed by atoms with Gasteiger partial charge in [0.2, 0.25) is 0 Å². The Balaban J connectivity index is 2.34. The van der Waals surface area contributed by atoms with Crippen molar-refractivity contribution >= 4 is 27.0 Å². The van der Waals surface area contributed by atoms with Crippen LogP contribution in [0.3, 0.4) is 0 Å². The van der Waals surface area contributed by atoms with Crippen LogP contribution in [0.5, 0.6) is 0 Å². The third-order valence-corrected chi connectivity index (χ3v) is 4.15. The first-order valence-electron chi connectivity index (χ1n) is 6.37. The summed E-state index contributed by atoms with van der Waals surface area (Å²) in [5.74, 6) is 0.230. The number of aromatic nitrogens is 5. The second-order valence-corrected chi connectivity index (χ2v) is 5.54. The molecule has 0 radical (unpaired) electrons. The van der Waals surface area contributed by atoms with Crippen molar-refractivity contribution < 1.29 is 13.2 Å². The molecule has 120 valence electrons. The molecule has 3 heterocycles. The van der Waals surface area contributed by atoms with Crippen molar-refractivity contribution in [1.29, 1.82) is 0 Å². The zero-order chi connectivity index (χ0) is 16.8. The number of hydrogen-bond acceptors (Lipinski definition) is 4. The van der Waals surface area contributed by atoms with Gasteiger partial charge in [-0.1, -0.05) is 0 Å². The monoisotopic (exact) mass is 387 g/mol. The average Bonchev–Trinajstić information content (AvgIpc) is 2.75. The maximum atomic E-state index is 12.6. The fourth-order valence-corrected chi connectivity index (χ4v) is 2.80. The van der Waals surface area contributed by atoms with Crippen LogP contribution in [-0.4, -0.2) is 30.3 Å². The first-order chi connectivity index (χ1) is 10.8. The van der Waals surface area contributed by atoms with E-state index in [0.29, 0.717) is 14.7 Å². The summed E-state index contributed by atoms with van der Waals surface area (Å²) in [6.07, 6.45) is -0.661. The molecule has 0 spiro atoms. The molecule has 3 aromatic rings. The van der Waals surface area contributed by atoms with Gasteiger partial charge in [0.15, 0.2) is 5.82 Å². The first-order valence-corrected chi connectivity index (χ1v) is 7.16. The summed E-state index contributed by atoms with van der Waals surface area (Å²) in [7, 11) is 1.64. The van der Waals surface area contributed by atoms with Crippen LogP contribution in [-0.2, 0) is 13.6 Å². The van der Waals surface area contributed by atoms with E-state index in [1.165, 1.54) is 12.4 Å². The van der Waals surface area contributed by atoms with Gasteiger partial charge in [0.05, 0.1) is 15.6 Å². The smallest absolute Gasteiger partial charge is 0.322 e. The number of alkyl halides is 3. The number of rotatable bonds is 2. The summed E-state index contributed by atoms with van der Waals surface area (Å²) in [6.45, 7) is -1.41. The van der Waals surface area contributed by atoms with Gasteiger partial charge in [0.1, 0.15) is 18.5 Å². The van der Waals surface area contributed by atoms with Gasteiger partial charge in [-0.2, -0.15) is 13.2 Å². The zero-order valence-corrected chi connectivity index (χ0v) is 13.3. The maximum Gasteiger partial charge on any atom is 0.406 e. The van der Waals surface area contributed by atoms with E-state index in [4.69, 9.17) is 0 Å². The van der Waals surface area contributed by atoms with Gasteiger partial charge in [-0.3, -0.25) is 9.36 Å². The highest BCUT2D eigenvalue weighted by Crippen LogP contribution is 2.33. The Hall–Kier alpha value is -2.23. The highest BCUT2D eigenvalue weighted by atomic mass is 79.9. The zero-order valence-electron chi connectivity index (χ0n) is 11.7. The van der Waals surface area contributed by atoms with E-state index >= 15 is 0 Å². The van der Waals surface area contributed by atoms with Crippen molar-refractivity contribution in [2.24, 2.45) is 7.05 Å². The van der Waals surface area contributed by atoms with E-state index < -0.39 is 18.3 Å². The molecule has 0 aromatic carbocycles.